The Kier molecular flexibility index (Phi) is 2.90. The largest absolute Gasteiger partial charge is 0.383 e. The Balaban J connectivity index is 1.81. The third kappa shape index (κ3) is 1.79. The number of hydrogen-bond acceptors (Lipinski definition) is 3. The zero-order valence-electron chi connectivity index (χ0n) is 10.2. The van der Waals surface area contributed by atoms with Crippen molar-refractivity contribution in [2.24, 2.45) is 17.7 Å². The highest BCUT2D eigenvalue weighted by Crippen LogP contribution is 2.61. The van der Waals surface area contributed by atoms with Crippen LogP contribution in [0.5, 0.6) is 0 Å². The van der Waals surface area contributed by atoms with Crippen molar-refractivity contribution in [3.05, 3.63) is 35.4 Å². The van der Waals surface area contributed by atoms with E-state index in [0.717, 1.165) is 5.92 Å². The van der Waals surface area contributed by atoms with E-state index in [1.807, 2.05) is 0 Å². The van der Waals surface area contributed by atoms with Crippen LogP contribution < -0.4 is 11.3 Å². The molecule has 2 aliphatic rings. The Morgan fingerprint density at radius 1 is 1.47 bits per heavy atom. The Morgan fingerprint density at radius 3 is 3.06 bits per heavy atom. The van der Waals surface area contributed by atoms with Crippen molar-refractivity contribution in [3.63, 3.8) is 0 Å². The van der Waals surface area contributed by atoms with Gasteiger partial charge < -0.3 is 4.74 Å². The highest BCUT2D eigenvalue weighted by molar-refractivity contribution is 5.40. The molecule has 3 N–H and O–H groups in total. The molecular formula is C14H20N2O. The second kappa shape index (κ2) is 4.41. The van der Waals surface area contributed by atoms with E-state index in [9.17, 15) is 0 Å². The van der Waals surface area contributed by atoms with Crippen LogP contribution in [0.4, 0.5) is 0 Å². The summed E-state index contributed by atoms with van der Waals surface area (Å²) in [5.74, 6) is 7.81. The van der Waals surface area contributed by atoms with Gasteiger partial charge >= 0.3 is 0 Å². The second-order valence-electron chi connectivity index (χ2n) is 5.23. The van der Waals surface area contributed by atoms with Crippen molar-refractivity contribution in [2.45, 2.75) is 24.8 Å². The molecule has 92 valence electrons. The fraction of sp³-hybridized carbons (Fsp3) is 0.571. The van der Waals surface area contributed by atoms with Gasteiger partial charge in [0.05, 0.1) is 6.61 Å². The molecule has 3 heteroatoms. The second-order valence-corrected chi connectivity index (χ2v) is 5.23. The van der Waals surface area contributed by atoms with Crippen LogP contribution in [-0.2, 0) is 11.2 Å². The van der Waals surface area contributed by atoms with E-state index in [-0.39, 0.29) is 0 Å². The Labute approximate surface area is 102 Å². The number of fused-ring (bicyclic) bond motifs is 3. The summed E-state index contributed by atoms with van der Waals surface area (Å²) in [6.45, 7) is 0.705. The highest BCUT2D eigenvalue weighted by atomic mass is 16.5. The van der Waals surface area contributed by atoms with E-state index in [2.05, 4.69) is 29.7 Å². The molecule has 17 heavy (non-hydrogen) atoms. The minimum Gasteiger partial charge on any atom is -0.383 e. The van der Waals surface area contributed by atoms with Crippen LogP contribution in [0.3, 0.4) is 0 Å². The molecule has 3 nitrogen and oxygen atoms in total. The van der Waals surface area contributed by atoms with Gasteiger partial charge in [0.2, 0.25) is 0 Å². The predicted molar refractivity (Wildman–Crippen MR) is 67.5 cm³/mol. The fourth-order valence-corrected chi connectivity index (χ4v) is 3.62. The van der Waals surface area contributed by atoms with Crippen molar-refractivity contribution in [3.8, 4) is 0 Å². The van der Waals surface area contributed by atoms with Gasteiger partial charge in [-0.05, 0) is 41.7 Å². The number of nitrogens with one attached hydrogen (secondary N) is 1. The standard InChI is InChI=1S/C14H20N2O/c1-17-8-12(16-15)14-11-7-6-9-4-2-3-5-10(9)13(11)14/h2-5,11-14,16H,6-8,15H2,1H3. The van der Waals surface area contributed by atoms with Gasteiger partial charge in [-0.3, -0.25) is 11.3 Å². The van der Waals surface area contributed by atoms with Gasteiger partial charge in [-0.25, -0.2) is 0 Å². The SMILES string of the molecule is COCC(NN)C1C2CCc3ccccc3C21. The van der Waals surface area contributed by atoms with Crippen molar-refractivity contribution >= 4 is 0 Å². The van der Waals surface area contributed by atoms with Crippen LogP contribution in [0.1, 0.15) is 23.5 Å². The van der Waals surface area contributed by atoms with Gasteiger partial charge in [-0.2, -0.15) is 0 Å². The molecule has 1 saturated carbocycles. The van der Waals surface area contributed by atoms with Gasteiger partial charge in [0, 0.05) is 13.2 Å². The average Bonchev–Trinajstić information content (AvgIpc) is 3.10. The molecule has 0 radical (unpaired) electrons. The van der Waals surface area contributed by atoms with Crippen molar-refractivity contribution in [2.75, 3.05) is 13.7 Å². The lowest BCUT2D eigenvalue weighted by atomic mass is 9.92. The van der Waals surface area contributed by atoms with E-state index in [1.165, 1.54) is 18.4 Å². The topological polar surface area (TPSA) is 47.3 Å². The van der Waals surface area contributed by atoms with Crippen LogP contribution in [0.25, 0.3) is 0 Å². The van der Waals surface area contributed by atoms with Gasteiger partial charge in [0.1, 0.15) is 0 Å². The normalized spacial score (nSPS) is 31.5. The van der Waals surface area contributed by atoms with Gasteiger partial charge in [-0.15, -0.1) is 0 Å². The first-order valence-corrected chi connectivity index (χ1v) is 6.39. The molecule has 0 amide bonds. The zero-order chi connectivity index (χ0) is 11.8. The maximum absolute atomic E-state index is 5.64. The molecule has 3 rings (SSSR count). The first-order valence-electron chi connectivity index (χ1n) is 6.39. The molecule has 1 aromatic rings. The van der Waals surface area contributed by atoms with Crippen LogP contribution >= 0.6 is 0 Å². The highest BCUT2D eigenvalue weighted by Gasteiger charge is 2.56. The summed E-state index contributed by atoms with van der Waals surface area (Å²) in [4.78, 5) is 0. The molecule has 4 unspecified atom stereocenters. The summed E-state index contributed by atoms with van der Waals surface area (Å²) in [6.07, 6.45) is 2.52. The van der Waals surface area contributed by atoms with Gasteiger partial charge in [-0.1, -0.05) is 24.3 Å². The molecule has 2 aliphatic carbocycles. The lowest BCUT2D eigenvalue weighted by Crippen LogP contribution is -2.40. The Morgan fingerprint density at radius 2 is 2.29 bits per heavy atom. The van der Waals surface area contributed by atoms with Gasteiger partial charge in [0.15, 0.2) is 0 Å². The third-order valence-electron chi connectivity index (χ3n) is 4.42. The minimum atomic E-state index is 0.293. The number of aryl methyl sites for hydroxylation is 1. The number of methoxy groups -OCH3 is 1. The number of benzene rings is 1. The smallest absolute Gasteiger partial charge is 0.0632 e. The molecule has 0 heterocycles. The first kappa shape index (κ1) is 11.2. The summed E-state index contributed by atoms with van der Waals surface area (Å²) in [6, 6.07) is 9.14. The van der Waals surface area contributed by atoms with Crippen LogP contribution in [0.2, 0.25) is 0 Å². The molecule has 1 aromatic carbocycles. The van der Waals surface area contributed by atoms with E-state index in [0.29, 0.717) is 24.5 Å². The summed E-state index contributed by atoms with van der Waals surface area (Å²) in [7, 11) is 1.74. The fourth-order valence-electron chi connectivity index (χ4n) is 3.62. The van der Waals surface area contributed by atoms with E-state index < -0.39 is 0 Å². The number of hydrazine groups is 1. The number of nitrogens with two attached hydrogens (primary N) is 1. The van der Waals surface area contributed by atoms with E-state index in [1.54, 1.807) is 12.7 Å². The summed E-state index contributed by atoms with van der Waals surface area (Å²) < 4.78 is 5.25. The molecule has 0 aromatic heterocycles. The Bertz CT molecular complexity index is 407. The molecule has 0 bridgehead atoms. The number of hydrogen-bond donors (Lipinski definition) is 2. The predicted octanol–water partition coefficient (Wildman–Crippen LogP) is 1.44. The zero-order valence-corrected chi connectivity index (χ0v) is 10.2. The molecule has 1 fully saturated rings. The number of ether oxygens (including phenoxy) is 1. The summed E-state index contributed by atoms with van der Waals surface area (Å²) >= 11 is 0. The van der Waals surface area contributed by atoms with Gasteiger partial charge in [0.25, 0.3) is 0 Å². The Hall–Kier alpha value is -0.900. The maximum Gasteiger partial charge on any atom is 0.0632 e. The lowest BCUT2D eigenvalue weighted by Gasteiger charge is -2.15. The van der Waals surface area contributed by atoms with Crippen molar-refractivity contribution in [1.82, 2.24) is 5.43 Å². The van der Waals surface area contributed by atoms with Crippen LogP contribution in [0.15, 0.2) is 24.3 Å². The average molecular weight is 232 g/mol. The maximum atomic E-state index is 5.64. The van der Waals surface area contributed by atoms with E-state index >= 15 is 0 Å². The summed E-state index contributed by atoms with van der Waals surface area (Å²) in [5.41, 5.74) is 6.01. The summed E-state index contributed by atoms with van der Waals surface area (Å²) in [5, 5.41) is 0. The van der Waals surface area contributed by atoms with Crippen LogP contribution in [-0.4, -0.2) is 19.8 Å². The van der Waals surface area contributed by atoms with E-state index in [4.69, 9.17) is 10.6 Å². The lowest BCUT2D eigenvalue weighted by molar-refractivity contribution is 0.155. The molecule has 0 saturated heterocycles. The quantitative estimate of drug-likeness (QED) is 0.610. The third-order valence-corrected chi connectivity index (χ3v) is 4.42. The van der Waals surface area contributed by atoms with Crippen LogP contribution in [0, 0.1) is 11.8 Å². The molecule has 0 aliphatic heterocycles. The number of rotatable bonds is 4. The minimum absolute atomic E-state index is 0.293. The monoisotopic (exact) mass is 232 g/mol. The van der Waals surface area contributed by atoms with Crippen molar-refractivity contribution < 1.29 is 4.74 Å². The molecular weight excluding hydrogens is 212 g/mol. The molecule has 0 spiro atoms. The van der Waals surface area contributed by atoms with Crippen molar-refractivity contribution in [1.29, 1.82) is 0 Å². The molecule has 4 atom stereocenters. The first-order chi connectivity index (χ1) is 8.36.